The van der Waals surface area contributed by atoms with Crippen molar-refractivity contribution in [2.45, 2.75) is 97.8 Å². The van der Waals surface area contributed by atoms with Gasteiger partial charge in [-0.05, 0) is 43.2 Å². The molecule has 37 heavy (non-hydrogen) atoms. The third-order valence-electron chi connectivity index (χ3n) is 6.60. The van der Waals surface area contributed by atoms with Crippen molar-refractivity contribution in [2.75, 3.05) is 0 Å². The Balaban J connectivity index is 2.02. The Bertz CT molecular complexity index is 965. The SMILES string of the molecule is CC(C)[C@@H](NC(=O)[C@H](C)NC(=O)[C@@H](NC(=O)c1ccccc1)C(C)(C)C)C(=O)C(=O)NC1CCCCC1. The van der Waals surface area contributed by atoms with Crippen LogP contribution in [0, 0.1) is 11.3 Å². The average Bonchev–Trinajstić information content (AvgIpc) is 2.85. The second-order valence-electron chi connectivity index (χ2n) is 11.3. The van der Waals surface area contributed by atoms with Crippen LogP contribution in [0.25, 0.3) is 0 Å². The van der Waals surface area contributed by atoms with Gasteiger partial charge in [-0.1, -0.05) is 72.1 Å². The predicted octanol–water partition coefficient (Wildman–Crippen LogP) is 2.49. The quantitative estimate of drug-likeness (QED) is 0.356. The van der Waals surface area contributed by atoms with Crippen molar-refractivity contribution < 1.29 is 24.0 Å². The summed E-state index contributed by atoms with van der Waals surface area (Å²) >= 11 is 0. The first-order valence-corrected chi connectivity index (χ1v) is 13.1. The normalized spacial score (nSPS) is 16.7. The van der Waals surface area contributed by atoms with Gasteiger partial charge in [-0.2, -0.15) is 0 Å². The van der Waals surface area contributed by atoms with Crippen LogP contribution in [-0.2, 0) is 19.2 Å². The van der Waals surface area contributed by atoms with Crippen molar-refractivity contribution in [3.05, 3.63) is 35.9 Å². The molecule has 9 heteroatoms. The summed E-state index contributed by atoms with van der Waals surface area (Å²) in [5, 5.41) is 10.8. The molecular formula is C28H42N4O5. The Kier molecular flexibility index (Phi) is 10.8. The molecule has 1 saturated carbocycles. The number of amides is 4. The highest BCUT2D eigenvalue weighted by atomic mass is 16.2. The molecule has 0 aromatic heterocycles. The van der Waals surface area contributed by atoms with Crippen molar-refractivity contribution >= 4 is 29.4 Å². The van der Waals surface area contributed by atoms with Crippen LogP contribution in [0.2, 0.25) is 0 Å². The highest BCUT2D eigenvalue weighted by Crippen LogP contribution is 2.20. The van der Waals surface area contributed by atoms with Crippen LogP contribution in [-0.4, -0.2) is 53.6 Å². The van der Waals surface area contributed by atoms with Crippen LogP contribution in [0.4, 0.5) is 0 Å². The average molecular weight is 515 g/mol. The second-order valence-corrected chi connectivity index (χ2v) is 11.3. The molecule has 4 N–H and O–H groups in total. The summed E-state index contributed by atoms with van der Waals surface area (Å²) < 4.78 is 0. The molecule has 3 atom stereocenters. The Morgan fingerprint density at radius 2 is 1.41 bits per heavy atom. The topological polar surface area (TPSA) is 133 Å². The van der Waals surface area contributed by atoms with E-state index in [2.05, 4.69) is 21.3 Å². The molecule has 204 valence electrons. The second kappa shape index (κ2) is 13.4. The highest BCUT2D eigenvalue weighted by Gasteiger charge is 2.36. The van der Waals surface area contributed by atoms with Gasteiger partial charge in [0.1, 0.15) is 12.1 Å². The van der Waals surface area contributed by atoms with Gasteiger partial charge in [-0.3, -0.25) is 24.0 Å². The third kappa shape index (κ3) is 8.98. The summed E-state index contributed by atoms with van der Waals surface area (Å²) in [6, 6.07) is 5.59. The minimum Gasteiger partial charge on any atom is -0.347 e. The molecule has 0 unspecified atom stereocenters. The molecule has 0 aliphatic heterocycles. The zero-order valence-electron chi connectivity index (χ0n) is 22.9. The Hall–Kier alpha value is -3.23. The number of ketones is 1. The summed E-state index contributed by atoms with van der Waals surface area (Å²) in [6.07, 6.45) is 4.85. The van der Waals surface area contributed by atoms with Gasteiger partial charge in [-0.25, -0.2) is 0 Å². The molecule has 0 saturated heterocycles. The fraction of sp³-hybridized carbons (Fsp3) is 0.607. The lowest BCUT2D eigenvalue weighted by molar-refractivity contribution is -0.141. The number of benzene rings is 1. The lowest BCUT2D eigenvalue weighted by atomic mass is 9.85. The summed E-state index contributed by atoms with van der Waals surface area (Å²) in [7, 11) is 0. The van der Waals surface area contributed by atoms with E-state index in [9.17, 15) is 24.0 Å². The molecule has 1 aliphatic rings. The van der Waals surface area contributed by atoms with E-state index in [0.717, 1.165) is 32.1 Å². The predicted molar refractivity (Wildman–Crippen MR) is 142 cm³/mol. The minimum absolute atomic E-state index is 0.0210. The first-order chi connectivity index (χ1) is 17.3. The van der Waals surface area contributed by atoms with Gasteiger partial charge >= 0.3 is 0 Å². The monoisotopic (exact) mass is 514 g/mol. The molecule has 1 aromatic rings. The van der Waals surface area contributed by atoms with E-state index in [1.807, 2.05) is 20.8 Å². The molecule has 0 bridgehead atoms. The number of rotatable bonds is 10. The van der Waals surface area contributed by atoms with E-state index in [4.69, 9.17) is 0 Å². The molecule has 0 heterocycles. The summed E-state index contributed by atoms with van der Waals surface area (Å²) in [5.74, 6) is -3.24. The van der Waals surface area contributed by atoms with Crippen molar-refractivity contribution in [3.8, 4) is 0 Å². The van der Waals surface area contributed by atoms with Gasteiger partial charge in [0.05, 0.1) is 6.04 Å². The van der Waals surface area contributed by atoms with E-state index in [1.54, 1.807) is 44.2 Å². The van der Waals surface area contributed by atoms with Crippen LogP contribution < -0.4 is 21.3 Å². The fourth-order valence-electron chi connectivity index (χ4n) is 4.30. The summed E-state index contributed by atoms with van der Waals surface area (Å²) in [6.45, 7) is 10.4. The number of hydrogen-bond donors (Lipinski definition) is 4. The number of Topliss-reactive ketones (excluding diaryl/α,β-unsaturated/α-hetero) is 1. The van der Waals surface area contributed by atoms with Crippen LogP contribution in [0.15, 0.2) is 30.3 Å². The smallest absolute Gasteiger partial charge is 0.289 e. The Morgan fingerprint density at radius 1 is 0.811 bits per heavy atom. The number of nitrogens with one attached hydrogen (secondary N) is 4. The number of carbonyl (C=O) groups excluding carboxylic acids is 5. The van der Waals surface area contributed by atoms with Crippen LogP contribution in [0.5, 0.6) is 0 Å². The van der Waals surface area contributed by atoms with Gasteiger partial charge in [0.25, 0.3) is 11.8 Å². The van der Waals surface area contributed by atoms with Crippen molar-refractivity contribution in [3.63, 3.8) is 0 Å². The molecule has 4 amide bonds. The molecule has 9 nitrogen and oxygen atoms in total. The fourth-order valence-corrected chi connectivity index (χ4v) is 4.30. The van der Waals surface area contributed by atoms with Gasteiger partial charge in [0.15, 0.2) is 0 Å². The van der Waals surface area contributed by atoms with E-state index in [1.165, 1.54) is 6.92 Å². The zero-order valence-corrected chi connectivity index (χ0v) is 22.9. The Morgan fingerprint density at radius 3 is 1.95 bits per heavy atom. The molecule has 1 aliphatic carbocycles. The van der Waals surface area contributed by atoms with E-state index in [-0.39, 0.29) is 12.0 Å². The zero-order chi connectivity index (χ0) is 27.8. The maximum Gasteiger partial charge on any atom is 0.289 e. The van der Waals surface area contributed by atoms with Crippen LogP contribution in [0.3, 0.4) is 0 Å². The van der Waals surface area contributed by atoms with E-state index < -0.39 is 53.0 Å². The van der Waals surface area contributed by atoms with Crippen molar-refractivity contribution in [2.24, 2.45) is 11.3 Å². The summed E-state index contributed by atoms with van der Waals surface area (Å²) in [5.41, 5.74) is -0.224. The minimum atomic E-state index is -1.02. The van der Waals surface area contributed by atoms with Crippen molar-refractivity contribution in [1.82, 2.24) is 21.3 Å². The highest BCUT2D eigenvalue weighted by molar-refractivity contribution is 6.38. The molecule has 1 fully saturated rings. The van der Waals surface area contributed by atoms with Gasteiger partial charge in [0.2, 0.25) is 17.6 Å². The number of hydrogen-bond acceptors (Lipinski definition) is 5. The van der Waals surface area contributed by atoms with E-state index in [0.29, 0.717) is 5.56 Å². The lowest BCUT2D eigenvalue weighted by Crippen LogP contribution is -2.59. The standard InChI is InChI=1S/C28H42N4O5/c1-17(2)21(22(33)26(36)30-20-15-11-8-12-16-20)31-24(34)18(3)29-27(37)23(28(4,5)6)32-25(35)19-13-9-7-10-14-19/h7,9-10,13-14,17-18,20-21,23H,8,11-12,15-16H2,1-6H3,(H,29,37)(H,30,36)(H,31,34)(H,32,35)/t18-,21+,23+/m0/s1. The van der Waals surface area contributed by atoms with E-state index >= 15 is 0 Å². The molecule has 2 rings (SSSR count). The maximum absolute atomic E-state index is 13.1. The molecule has 0 spiro atoms. The third-order valence-corrected chi connectivity index (χ3v) is 6.60. The first kappa shape index (κ1) is 30.0. The first-order valence-electron chi connectivity index (χ1n) is 13.1. The summed E-state index contributed by atoms with van der Waals surface area (Å²) in [4.78, 5) is 64.2. The largest absolute Gasteiger partial charge is 0.347 e. The maximum atomic E-state index is 13.1. The molecule has 1 aromatic carbocycles. The van der Waals surface area contributed by atoms with Crippen LogP contribution >= 0.6 is 0 Å². The number of carbonyl (C=O) groups is 5. The van der Waals surface area contributed by atoms with Gasteiger partial charge in [-0.15, -0.1) is 0 Å². The van der Waals surface area contributed by atoms with Gasteiger partial charge < -0.3 is 21.3 Å². The Labute approximate surface area is 219 Å². The molecule has 0 radical (unpaired) electrons. The lowest BCUT2D eigenvalue weighted by Gasteiger charge is -2.31. The van der Waals surface area contributed by atoms with Crippen LogP contribution in [0.1, 0.15) is 84.0 Å². The molecular weight excluding hydrogens is 472 g/mol. The van der Waals surface area contributed by atoms with Gasteiger partial charge in [0, 0.05) is 11.6 Å². The van der Waals surface area contributed by atoms with Crippen molar-refractivity contribution in [1.29, 1.82) is 0 Å².